The number of nitrogens with zero attached hydrogens (tertiary/aromatic N) is 1. The number of hydrogen-bond acceptors (Lipinski definition) is 2. The van der Waals surface area contributed by atoms with E-state index < -0.39 is 0 Å². The van der Waals surface area contributed by atoms with Crippen LogP contribution in [-0.4, -0.2) is 22.8 Å². The zero-order valence-corrected chi connectivity index (χ0v) is 9.02. The van der Waals surface area contributed by atoms with E-state index in [1.54, 1.807) is 0 Å². The van der Waals surface area contributed by atoms with Crippen LogP contribution in [0.3, 0.4) is 0 Å². The van der Waals surface area contributed by atoms with Crippen LogP contribution in [0.4, 0.5) is 0 Å². The van der Waals surface area contributed by atoms with Gasteiger partial charge in [0.15, 0.2) is 0 Å². The van der Waals surface area contributed by atoms with Crippen LogP contribution in [0, 0.1) is 0 Å². The fraction of sp³-hybridized carbons (Fsp3) is 0.636. The average molecular weight is 198 g/mol. The molecular formula is C11H22N2O. The second kappa shape index (κ2) is 10.3. The first kappa shape index (κ1) is 13.2. The predicted molar refractivity (Wildman–Crippen MR) is 60.1 cm³/mol. The van der Waals surface area contributed by atoms with Crippen LogP contribution in [0.1, 0.15) is 26.2 Å². The van der Waals surface area contributed by atoms with Crippen molar-refractivity contribution < 1.29 is 5.11 Å². The molecule has 0 amide bonds. The molecule has 0 radical (unpaired) electrons. The molecule has 0 spiro atoms. The Kier molecular flexibility index (Phi) is 9.69. The molecular weight excluding hydrogens is 176 g/mol. The summed E-state index contributed by atoms with van der Waals surface area (Å²) in [6, 6.07) is 4.15. The summed E-state index contributed by atoms with van der Waals surface area (Å²) in [6.07, 6.45) is 8.20. The summed E-state index contributed by atoms with van der Waals surface area (Å²) in [7, 11) is 0. The van der Waals surface area contributed by atoms with Gasteiger partial charge in [0.2, 0.25) is 0 Å². The van der Waals surface area contributed by atoms with Gasteiger partial charge in [-0.3, -0.25) is 0 Å². The van der Waals surface area contributed by atoms with E-state index in [1.165, 1.54) is 25.8 Å². The number of hydrogen-bond donors (Lipinski definition) is 2. The maximum atomic E-state index is 7.75. The zero-order valence-electron chi connectivity index (χ0n) is 9.02. The minimum Gasteiger partial charge on any atom is -0.395 e. The summed E-state index contributed by atoms with van der Waals surface area (Å²) in [4.78, 5) is 0. The van der Waals surface area contributed by atoms with E-state index in [-0.39, 0.29) is 6.61 Å². The number of aliphatic hydroxyl groups excluding tert-OH is 1. The van der Waals surface area contributed by atoms with Gasteiger partial charge in [0, 0.05) is 25.5 Å². The highest BCUT2D eigenvalue weighted by atomic mass is 16.3. The minimum atomic E-state index is 0.0972. The van der Waals surface area contributed by atoms with Gasteiger partial charge in [-0.25, -0.2) is 0 Å². The number of aryl methyl sites for hydroxylation is 1. The molecule has 14 heavy (non-hydrogen) atoms. The zero-order chi connectivity index (χ0) is 10.6. The Morgan fingerprint density at radius 2 is 1.79 bits per heavy atom. The largest absolute Gasteiger partial charge is 0.395 e. The Morgan fingerprint density at radius 3 is 2.21 bits per heavy atom. The quantitative estimate of drug-likeness (QED) is 0.706. The lowest BCUT2D eigenvalue weighted by molar-refractivity contribution is 0.306. The van der Waals surface area contributed by atoms with Crippen LogP contribution in [0.25, 0.3) is 0 Å². The first-order valence-corrected chi connectivity index (χ1v) is 5.26. The third-order valence-corrected chi connectivity index (χ3v) is 1.82. The summed E-state index contributed by atoms with van der Waals surface area (Å²) in [5.74, 6) is 0. The van der Waals surface area contributed by atoms with E-state index in [0.29, 0.717) is 6.54 Å². The molecule has 82 valence electrons. The molecule has 0 saturated heterocycles. The lowest BCUT2D eigenvalue weighted by atomic mass is 10.2. The van der Waals surface area contributed by atoms with Crippen molar-refractivity contribution in [3.63, 3.8) is 0 Å². The van der Waals surface area contributed by atoms with E-state index in [4.69, 9.17) is 10.8 Å². The number of aliphatic hydroxyl groups is 1. The van der Waals surface area contributed by atoms with Gasteiger partial charge in [0.05, 0.1) is 6.61 Å². The highest BCUT2D eigenvalue weighted by Crippen LogP contribution is 1.98. The molecule has 0 unspecified atom stereocenters. The highest BCUT2D eigenvalue weighted by Gasteiger charge is 1.86. The minimum absolute atomic E-state index is 0.0972. The maximum Gasteiger partial charge on any atom is 0.0553 e. The number of nitrogens with two attached hydrogens (primary N) is 1. The van der Waals surface area contributed by atoms with E-state index >= 15 is 0 Å². The molecule has 0 bridgehead atoms. The fourth-order valence-corrected chi connectivity index (χ4v) is 1.06. The molecule has 1 aromatic rings. The Labute approximate surface area is 86.5 Å². The third-order valence-electron chi connectivity index (χ3n) is 1.82. The third kappa shape index (κ3) is 7.83. The van der Waals surface area contributed by atoms with Crippen molar-refractivity contribution >= 4 is 0 Å². The van der Waals surface area contributed by atoms with Gasteiger partial charge in [0.25, 0.3) is 0 Å². The molecule has 0 atom stereocenters. The van der Waals surface area contributed by atoms with Crippen LogP contribution in [-0.2, 0) is 6.54 Å². The second-order valence-electron chi connectivity index (χ2n) is 3.14. The van der Waals surface area contributed by atoms with Crippen molar-refractivity contribution in [1.82, 2.24) is 4.57 Å². The summed E-state index contributed by atoms with van der Waals surface area (Å²) >= 11 is 0. The number of rotatable bonds is 5. The molecule has 1 heterocycles. The Morgan fingerprint density at radius 1 is 1.21 bits per heavy atom. The van der Waals surface area contributed by atoms with Gasteiger partial charge in [-0.15, -0.1) is 0 Å². The number of aromatic nitrogens is 1. The van der Waals surface area contributed by atoms with Gasteiger partial charge in [-0.2, -0.15) is 0 Å². The van der Waals surface area contributed by atoms with Crippen molar-refractivity contribution in [2.75, 3.05) is 13.2 Å². The smallest absolute Gasteiger partial charge is 0.0553 e. The molecule has 0 fully saturated rings. The molecule has 3 nitrogen and oxygen atoms in total. The first-order chi connectivity index (χ1) is 6.85. The lowest BCUT2D eigenvalue weighted by Gasteiger charge is -1.99. The highest BCUT2D eigenvalue weighted by molar-refractivity contribution is 4.89. The van der Waals surface area contributed by atoms with E-state index in [9.17, 15) is 0 Å². The molecule has 0 aliphatic rings. The standard InChI is InChI=1S/C9H15N.C2H7NO/c1-2-3-4-7-10-8-5-6-9-10;3-1-2-4/h5-6,8-9H,2-4,7H2,1H3;4H,1-3H2. The van der Waals surface area contributed by atoms with E-state index in [1.807, 2.05) is 0 Å². The monoisotopic (exact) mass is 198 g/mol. The van der Waals surface area contributed by atoms with Gasteiger partial charge in [-0.05, 0) is 18.6 Å². The predicted octanol–water partition coefficient (Wildman–Crippen LogP) is 1.62. The Balaban J connectivity index is 0.000000364. The molecule has 1 rings (SSSR count). The molecule has 0 aromatic carbocycles. The normalized spacial score (nSPS) is 9.36. The molecule has 1 aromatic heterocycles. The topological polar surface area (TPSA) is 51.2 Å². The molecule has 0 aliphatic carbocycles. The van der Waals surface area contributed by atoms with Crippen molar-refractivity contribution in [1.29, 1.82) is 0 Å². The molecule has 0 aliphatic heterocycles. The Hall–Kier alpha value is -0.800. The molecule has 3 N–H and O–H groups in total. The summed E-state index contributed by atoms with van der Waals surface area (Å²) < 4.78 is 2.23. The van der Waals surface area contributed by atoms with Crippen LogP contribution in [0.5, 0.6) is 0 Å². The van der Waals surface area contributed by atoms with Crippen LogP contribution in [0.15, 0.2) is 24.5 Å². The van der Waals surface area contributed by atoms with Gasteiger partial charge in [-0.1, -0.05) is 19.8 Å². The maximum absolute atomic E-state index is 7.75. The average Bonchev–Trinajstić information content (AvgIpc) is 2.72. The van der Waals surface area contributed by atoms with Gasteiger partial charge in [0.1, 0.15) is 0 Å². The lowest BCUT2D eigenvalue weighted by Crippen LogP contribution is -2.02. The fourth-order valence-electron chi connectivity index (χ4n) is 1.06. The van der Waals surface area contributed by atoms with Crippen molar-refractivity contribution in [2.24, 2.45) is 5.73 Å². The first-order valence-electron chi connectivity index (χ1n) is 5.26. The Bertz CT molecular complexity index is 183. The van der Waals surface area contributed by atoms with Gasteiger partial charge < -0.3 is 15.4 Å². The molecule has 3 heteroatoms. The SMILES string of the molecule is CCCCCn1cccc1.NCCO. The summed E-state index contributed by atoms with van der Waals surface area (Å²) in [6.45, 7) is 3.89. The van der Waals surface area contributed by atoms with Gasteiger partial charge >= 0.3 is 0 Å². The van der Waals surface area contributed by atoms with Crippen molar-refractivity contribution in [3.05, 3.63) is 24.5 Å². The second-order valence-corrected chi connectivity index (χ2v) is 3.14. The van der Waals surface area contributed by atoms with Crippen molar-refractivity contribution in [3.8, 4) is 0 Å². The number of unbranched alkanes of at least 4 members (excludes halogenated alkanes) is 2. The summed E-state index contributed by atoms with van der Waals surface area (Å²) in [5.41, 5.74) is 4.78. The molecule has 0 saturated carbocycles. The van der Waals surface area contributed by atoms with Crippen LogP contribution >= 0.6 is 0 Å². The van der Waals surface area contributed by atoms with E-state index in [2.05, 4.69) is 36.0 Å². The van der Waals surface area contributed by atoms with Crippen LogP contribution < -0.4 is 5.73 Å². The summed E-state index contributed by atoms with van der Waals surface area (Å²) in [5, 5.41) is 7.75. The van der Waals surface area contributed by atoms with E-state index in [0.717, 1.165) is 0 Å². The van der Waals surface area contributed by atoms with Crippen molar-refractivity contribution in [2.45, 2.75) is 32.7 Å². The van der Waals surface area contributed by atoms with Crippen LogP contribution in [0.2, 0.25) is 0 Å².